The first-order valence-corrected chi connectivity index (χ1v) is 7.54. The van der Waals surface area contributed by atoms with Gasteiger partial charge in [0, 0.05) is 17.9 Å². The Morgan fingerprint density at radius 1 is 1.43 bits per heavy atom. The molecular weight excluding hydrogens is 268 g/mol. The Bertz CT molecular complexity index is 517. The first-order chi connectivity index (χ1) is 9.75. The Labute approximate surface area is 125 Å². The third-order valence-corrected chi connectivity index (χ3v) is 5.19. The minimum absolute atomic E-state index is 0.150. The van der Waals surface area contributed by atoms with Crippen LogP contribution >= 0.6 is 0 Å². The Morgan fingerprint density at radius 3 is 2.67 bits per heavy atom. The molecule has 0 bridgehead atoms. The highest BCUT2D eigenvalue weighted by molar-refractivity contribution is 5.86. The molecule has 1 saturated carbocycles. The first kappa shape index (κ1) is 15.8. The van der Waals surface area contributed by atoms with Crippen molar-refractivity contribution in [2.75, 3.05) is 0 Å². The van der Waals surface area contributed by atoms with Crippen LogP contribution in [0.3, 0.4) is 0 Å². The van der Waals surface area contributed by atoms with Gasteiger partial charge in [0.15, 0.2) is 0 Å². The van der Waals surface area contributed by atoms with Gasteiger partial charge >= 0.3 is 11.9 Å². The molecule has 3 atom stereocenters. The van der Waals surface area contributed by atoms with Gasteiger partial charge in [-0.05, 0) is 44.9 Å². The highest BCUT2D eigenvalue weighted by Gasteiger charge is 2.48. The van der Waals surface area contributed by atoms with Crippen LogP contribution in [0.25, 0.3) is 0 Å². The van der Waals surface area contributed by atoms with Crippen molar-refractivity contribution in [3.63, 3.8) is 0 Å². The summed E-state index contributed by atoms with van der Waals surface area (Å²) in [6, 6.07) is 0. The van der Waals surface area contributed by atoms with Gasteiger partial charge in [-0.25, -0.2) is 4.79 Å². The molecule has 2 aliphatic rings. The number of carbonyl (C=O) groups is 2. The average molecular weight is 292 g/mol. The van der Waals surface area contributed by atoms with Crippen LogP contribution in [0.2, 0.25) is 0 Å². The average Bonchev–Trinajstić information content (AvgIpc) is 2.38. The van der Waals surface area contributed by atoms with Crippen molar-refractivity contribution in [2.45, 2.75) is 59.0 Å². The number of hydrogen-bond acceptors (Lipinski definition) is 3. The zero-order chi connectivity index (χ0) is 15.8. The van der Waals surface area contributed by atoms with Gasteiger partial charge < -0.3 is 9.84 Å². The van der Waals surface area contributed by atoms with E-state index in [1.807, 2.05) is 0 Å². The maximum absolute atomic E-state index is 11.4. The van der Waals surface area contributed by atoms with E-state index >= 15 is 0 Å². The zero-order valence-electron chi connectivity index (χ0n) is 13.1. The number of fused-ring (bicyclic) bond motifs is 1. The molecule has 0 aromatic rings. The van der Waals surface area contributed by atoms with Crippen molar-refractivity contribution < 1.29 is 19.4 Å². The van der Waals surface area contributed by atoms with Crippen LogP contribution in [-0.2, 0) is 14.3 Å². The first-order valence-electron chi connectivity index (χ1n) is 7.54. The summed E-state index contributed by atoms with van der Waals surface area (Å²) >= 11 is 0. The van der Waals surface area contributed by atoms with E-state index < -0.39 is 5.97 Å². The van der Waals surface area contributed by atoms with E-state index in [1.165, 1.54) is 18.1 Å². The zero-order valence-corrected chi connectivity index (χ0v) is 13.1. The summed E-state index contributed by atoms with van der Waals surface area (Å²) in [6.07, 6.45) is 4.15. The van der Waals surface area contributed by atoms with Gasteiger partial charge in [0.05, 0.1) is 0 Å². The van der Waals surface area contributed by atoms with Gasteiger partial charge in [0.2, 0.25) is 0 Å². The summed E-state index contributed by atoms with van der Waals surface area (Å²) in [5.41, 5.74) is 2.67. The van der Waals surface area contributed by atoms with Crippen LogP contribution < -0.4 is 0 Å². The smallest absolute Gasteiger partial charge is 0.331 e. The second-order valence-electron chi connectivity index (χ2n) is 6.60. The van der Waals surface area contributed by atoms with E-state index in [4.69, 9.17) is 4.74 Å². The number of carbonyl (C=O) groups excluding carboxylic acids is 1. The van der Waals surface area contributed by atoms with Crippen molar-refractivity contribution in [1.29, 1.82) is 0 Å². The lowest BCUT2D eigenvalue weighted by Gasteiger charge is -2.48. The standard InChI is InChI=1S/C17H24O4/c1-10-6-5-7-17(4)14(10)8-13(11(2)16(19)20)9-15(17)21-12(3)18/h13,15H,2,5-9H2,1,3-4H3,(H,19,20)/t13-,15+,17+/m1/s1. The molecule has 2 rings (SSSR count). The monoisotopic (exact) mass is 292 g/mol. The number of esters is 1. The molecule has 4 nitrogen and oxygen atoms in total. The number of ether oxygens (including phenoxy) is 1. The Balaban J connectivity index is 2.38. The molecule has 1 N–H and O–H groups in total. The van der Waals surface area contributed by atoms with Crippen molar-refractivity contribution in [1.82, 2.24) is 0 Å². The van der Waals surface area contributed by atoms with Crippen LogP contribution in [0.5, 0.6) is 0 Å². The molecule has 2 aliphatic carbocycles. The van der Waals surface area contributed by atoms with Crippen LogP contribution in [0.1, 0.15) is 52.9 Å². The number of carboxylic acid groups (broad SMARTS) is 1. The maximum Gasteiger partial charge on any atom is 0.331 e. The molecule has 0 saturated heterocycles. The summed E-state index contributed by atoms with van der Waals surface area (Å²) in [4.78, 5) is 22.7. The largest absolute Gasteiger partial charge is 0.478 e. The molecular formula is C17H24O4. The number of allylic oxidation sites excluding steroid dienone is 1. The predicted molar refractivity (Wildman–Crippen MR) is 79.7 cm³/mol. The van der Waals surface area contributed by atoms with E-state index in [-0.39, 0.29) is 29.0 Å². The fourth-order valence-corrected chi connectivity index (χ4v) is 3.94. The van der Waals surface area contributed by atoms with Crippen LogP contribution in [0.15, 0.2) is 23.3 Å². The third-order valence-electron chi connectivity index (χ3n) is 5.19. The van der Waals surface area contributed by atoms with E-state index in [0.29, 0.717) is 6.42 Å². The molecule has 0 heterocycles. The fourth-order valence-electron chi connectivity index (χ4n) is 3.94. The lowest BCUT2D eigenvalue weighted by Crippen LogP contribution is -2.45. The molecule has 1 fully saturated rings. The quantitative estimate of drug-likeness (QED) is 0.491. The Hall–Kier alpha value is -1.58. The highest BCUT2D eigenvalue weighted by atomic mass is 16.5. The minimum atomic E-state index is -0.959. The van der Waals surface area contributed by atoms with Crippen molar-refractivity contribution in [2.24, 2.45) is 11.3 Å². The van der Waals surface area contributed by atoms with Crippen LogP contribution in [0, 0.1) is 11.3 Å². The van der Waals surface area contributed by atoms with Crippen LogP contribution in [-0.4, -0.2) is 23.1 Å². The van der Waals surface area contributed by atoms with Crippen LogP contribution in [0.4, 0.5) is 0 Å². The molecule has 0 radical (unpaired) electrons. The normalized spacial score (nSPS) is 32.3. The summed E-state index contributed by atoms with van der Waals surface area (Å²) < 4.78 is 5.57. The molecule has 0 unspecified atom stereocenters. The van der Waals surface area contributed by atoms with Gasteiger partial charge in [-0.15, -0.1) is 0 Å². The SMILES string of the molecule is C=C(C(=O)O)[C@@H]1CC2=C(C)CCC[C@]2(C)[C@@H](OC(C)=O)C1. The van der Waals surface area contributed by atoms with E-state index in [0.717, 1.165) is 25.7 Å². The highest BCUT2D eigenvalue weighted by Crippen LogP contribution is 2.53. The van der Waals surface area contributed by atoms with Gasteiger partial charge in [0.1, 0.15) is 6.10 Å². The van der Waals surface area contributed by atoms with Gasteiger partial charge in [0.25, 0.3) is 0 Å². The van der Waals surface area contributed by atoms with Gasteiger partial charge in [-0.3, -0.25) is 4.79 Å². The third kappa shape index (κ3) is 2.89. The Morgan fingerprint density at radius 2 is 2.10 bits per heavy atom. The van der Waals surface area contributed by atoms with Crippen molar-refractivity contribution in [3.05, 3.63) is 23.3 Å². The van der Waals surface area contributed by atoms with E-state index in [9.17, 15) is 14.7 Å². The summed E-state index contributed by atoms with van der Waals surface area (Å²) in [5, 5.41) is 9.21. The van der Waals surface area contributed by atoms with E-state index in [1.54, 1.807) is 0 Å². The molecule has 116 valence electrons. The molecule has 0 spiro atoms. The summed E-state index contributed by atoms with van der Waals surface area (Å²) in [6.45, 7) is 9.39. The number of rotatable bonds is 3. The number of hydrogen-bond donors (Lipinski definition) is 1. The van der Waals surface area contributed by atoms with Crippen molar-refractivity contribution in [3.8, 4) is 0 Å². The Kier molecular flexibility index (Phi) is 4.26. The molecule has 0 aromatic carbocycles. The van der Waals surface area contributed by atoms with Crippen molar-refractivity contribution >= 4 is 11.9 Å². The topological polar surface area (TPSA) is 63.6 Å². The lowest BCUT2D eigenvalue weighted by molar-refractivity contribution is -0.155. The molecule has 21 heavy (non-hydrogen) atoms. The second kappa shape index (κ2) is 5.66. The second-order valence-corrected chi connectivity index (χ2v) is 6.60. The van der Waals surface area contributed by atoms with Gasteiger partial charge in [-0.1, -0.05) is 24.6 Å². The lowest BCUT2D eigenvalue weighted by atomic mass is 9.59. The number of carboxylic acids is 1. The maximum atomic E-state index is 11.4. The fraction of sp³-hybridized carbons (Fsp3) is 0.647. The molecule has 0 amide bonds. The van der Waals surface area contributed by atoms with Gasteiger partial charge in [-0.2, -0.15) is 0 Å². The number of aliphatic carboxylic acids is 1. The molecule has 0 aromatic heterocycles. The molecule has 0 aliphatic heterocycles. The predicted octanol–water partition coefficient (Wildman–Crippen LogP) is 3.48. The minimum Gasteiger partial charge on any atom is -0.478 e. The molecule has 4 heteroatoms. The van der Waals surface area contributed by atoms with E-state index in [2.05, 4.69) is 20.4 Å². The summed E-state index contributed by atoms with van der Waals surface area (Å²) in [7, 11) is 0. The summed E-state index contributed by atoms with van der Waals surface area (Å²) in [5.74, 6) is -1.41.